The number of hydrogen-bond acceptors (Lipinski definition) is 4. The number of amides is 1. The summed E-state index contributed by atoms with van der Waals surface area (Å²) in [5, 5.41) is 2.90. The van der Waals surface area contributed by atoms with Crippen LogP contribution in [0.25, 0.3) is 0 Å². The molecule has 0 unspecified atom stereocenters. The largest absolute Gasteiger partial charge is 0.474 e. The van der Waals surface area contributed by atoms with Gasteiger partial charge in [-0.05, 0) is 44.1 Å². The van der Waals surface area contributed by atoms with Gasteiger partial charge in [0.1, 0.15) is 12.2 Å². The molecule has 2 aliphatic rings. The maximum atomic E-state index is 11.9. The van der Waals surface area contributed by atoms with Crippen LogP contribution in [0.4, 0.5) is 0 Å². The zero-order chi connectivity index (χ0) is 15.2. The van der Waals surface area contributed by atoms with Crippen LogP contribution < -0.4 is 10.1 Å². The maximum Gasteiger partial charge on any atom is 0.249 e. The van der Waals surface area contributed by atoms with Gasteiger partial charge in [-0.25, -0.2) is 4.98 Å². The topological polar surface area (TPSA) is 60.5 Å². The smallest absolute Gasteiger partial charge is 0.249 e. The van der Waals surface area contributed by atoms with Crippen molar-refractivity contribution in [1.82, 2.24) is 10.3 Å². The molecule has 0 radical (unpaired) electrons. The number of carbonyl (C=O) groups is 1. The van der Waals surface area contributed by atoms with Crippen molar-refractivity contribution in [3.8, 4) is 5.88 Å². The predicted octanol–water partition coefficient (Wildman–Crippen LogP) is 2.59. The Morgan fingerprint density at radius 1 is 1.23 bits per heavy atom. The number of pyridine rings is 1. The molecular formula is C17H24N2O3. The van der Waals surface area contributed by atoms with E-state index in [4.69, 9.17) is 9.47 Å². The van der Waals surface area contributed by atoms with Crippen molar-refractivity contribution in [2.24, 2.45) is 0 Å². The van der Waals surface area contributed by atoms with Gasteiger partial charge in [-0.15, -0.1) is 0 Å². The van der Waals surface area contributed by atoms with Gasteiger partial charge in [0.15, 0.2) is 0 Å². The van der Waals surface area contributed by atoms with Gasteiger partial charge < -0.3 is 14.8 Å². The normalized spacial score (nSPS) is 22.5. The Bertz CT molecular complexity index is 477. The maximum absolute atomic E-state index is 11.9. The number of hydrogen-bond donors (Lipinski definition) is 1. The molecule has 120 valence electrons. The Morgan fingerprint density at radius 2 is 2.09 bits per heavy atom. The summed E-state index contributed by atoms with van der Waals surface area (Å²) in [4.78, 5) is 16.2. The summed E-state index contributed by atoms with van der Waals surface area (Å²) in [6.45, 7) is 1.17. The second kappa shape index (κ2) is 7.58. The number of aromatic nitrogens is 1. The average Bonchev–Trinajstić information content (AvgIpc) is 3.09. The van der Waals surface area contributed by atoms with Crippen LogP contribution in [-0.4, -0.2) is 29.7 Å². The lowest BCUT2D eigenvalue weighted by molar-refractivity contribution is -0.130. The first kappa shape index (κ1) is 15.3. The van der Waals surface area contributed by atoms with Crippen LogP contribution in [0.5, 0.6) is 5.88 Å². The van der Waals surface area contributed by atoms with E-state index in [0.717, 1.165) is 31.2 Å². The van der Waals surface area contributed by atoms with Gasteiger partial charge in [-0.3, -0.25) is 4.79 Å². The third-order valence-corrected chi connectivity index (χ3v) is 4.33. The lowest BCUT2D eigenvalue weighted by atomic mass is 9.98. The molecule has 5 heteroatoms. The second-order valence-electron chi connectivity index (χ2n) is 6.10. The van der Waals surface area contributed by atoms with Crippen molar-refractivity contribution in [2.45, 2.75) is 63.7 Å². The van der Waals surface area contributed by atoms with Gasteiger partial charge in [-0.2, -0.15) is 0 Å². The molecule has 1 aromatic heterocycles. The van der Waals surface area contributed by atoms with Crippen molar-refractivity contribution in [3.05, 3.63) is 23.9 Å². The Labute approximate surface area is 131 Å². The number of ether oxygens (including phenoxy) is 2. The first-order valence-electron chi connectivity index (χ1n) is 8.32. The zero-order valence-electron chi connectivity index (χ0n) is 12.9. The summed E-state index contributed by atoms with van der Waals surface area (Å²) < 4.78 is 11.3. The molecule has 1 atom stereocenters. The summed E-state index contributed by atoms with van der Waals surface area (Å²) in [5.41, 5.74) is 0.974. The standard InChI is InChI=1S/C17H24N2O3/c20-17(15-7-4-10-21-15)19-12-13-8-9-16(18-11-13)22-14-5-2-1-3-6-14/h8-9,11,14-15H,1-7,10,12H2,(H,19,20)/t15-/m0/s1. The minimum Gasteiger partial charge on any atom is -0.474 e. The third-order valence-electron chi connectivity index (χ3n) is 4.33. The van der Waals surface area contributed by atoms with Crippen molar-refractivity contribution in [2.75, 3.05) is 6.61 Å². The third kappa shape index (κ3) is 4.19. The van der Waals surface area contributed by atoms with E-state index in [9.17, 15) is 4.79 Å². The van der Waals surface area contributed by atoms with E-state index in [2.05, 4.69) is 10.3 Å². The highest BCUT2D eigenvalue weighted by atomic mass is 16.5. The number of rotatable bonds is 5. The van der Waals surface area contributed by atoms with Gasteiger partial charge in [0.05, 0.1) is 0 Å². The molecule has 1 N–H and O–H groups in total. The molecule has 0 spiro atoms. The van der Waals surface area contributed by atoms with Crippen LogP contribution in [0.1, 0.15) is 50.5 Å². The predicted molar refractivity (Wildman–Crippen MR) is 82.6 cm³/mol. The number of nitrogens with zero attached hydrogens (tertiary/aromatic N) is 1. The summed E-state index contributed by atoms with van der Waals surface area (Å²) in [5.74, 6) is 0.654. The fraction of sp³-hybridized carbons (Fsp3) is 0.647. The van der Waals surface area contributed by atoms with Crippen LogP contribution in [0.15, 0.2) is 18.3 Å². The highest BCUT2D eigenvalue weighted by Gasteiger charge is 2.23. The van der Waals surface area contributed by atoms with Gasteiger partial charge in [0.25, 0.3) is 0 Å². The summed E-state index contributed by atoms with van der Waals surface area (Å²) in [6.07, 6.45) is 9.65. The van der Waals surface area contributed by atoms with Crippen molar-refractivity contribution in [3.63, 3.8) is 0 Å². The number of nitrogens with one attached hydrogen (secondary N) is 1. The van der Waals surface area contributed by atoms with Gasteiger partial charge in [-0.1, -0.05) is 12.5 Å². The highest BCUT2D eigenvalue weighted by Crippen LogP contribution is 2.22. The van der Waals surface area contributed by atoms with Crippen molar-refractivity contribution >= 4 is 5.91 Å². The molecule has 1 saturated carbocycles. The van der Waals surface area contributed by atoms with E-state index >= 15 is 0 Å². The monoisotopic (exact) mass is 304 g/mol. The van der Waals surface area contributed by atoms with E-state index in [1.165, 1.54) is 19.3 Å². The lowest BCUT2D eigenvalue weighted by Crippen LogP contribution is -2.33. The molecule has 1 saturated heterocycles. The minimum absolute atomic E-state index is 0.0277. The van der Waals surface area contributed by atoms with Crippen molar-refractivity contribution < 1.29 is 14.3 Å². The quantitative estimate of drug-likeness (QED) is 0.908. The first-order valence-corrected chi connectivity index (χ1v) is 8.32. The molecule has 22 heavy (non-hydrogen) atoms. The van der Waals surface area contributed by atoms with Crippen LogP contribution in [0.3, 0.4) is 0 Å². The van der Waals surface area contributed by atoms with Gasteiger partial charge in [0.2, 0.25) is 11.8 Å². The summed E-state index contributed by atoms with van der Waals surface area (Å²) in [7, 11) is 0. The first-order chi connectivity index (χ1) is 10.8. The lowest BCUT2D eigenvalue weighted by Gasteiger charge is -2.22. The molecule has 0 aromatic carbocycles. The highest BCUT2D eigenvalue weighted by molar-refractivity contribution is 5.80. The van der Waals surface area contributed by atoms with Crippen LogP contribution in [0.2, 0.25) is 0 Å². The molecule has 1 amide bonds. The molecule has 1 aliphatic heterocycles. The van der Waals surface area contributed by atoms with Crippen LogP contribution in [-0.2, 0) is 16.1 Å². The Kier molecular flexibility index (Phi) is 5.27. The molecule has 0 bridgehead atoms. The summed E-state index contributed by atoms with van der Waals surface area (Å²) in [6, 6.07) is 3.85. The van der Waals surface area contributed by atoms with Crippen LogP contribution >= 0.6 is 0 Å². The van der Waals surface area contributed by atoms with E-state index in [0.29, 0.717) is 25.1 Å². The van der Waals surface area contributed by atoms with E-state index < -0.39 is 0 Å². The second-order valence-corrected chi connectivity index (χ2v) is 6.10. The minimum atomic E-state index is -0.276. The Balaban J connectivity index is 1.45. The van der Waals surface area contributed by atoms with Gasteiger partial charge >= 0.3 is 0 Å². The van der Waals surface area contributed by atoms with Gasteiger partial charge in [0, 0.05) is 25.4 Å². The van der Waals surface area contributed by atoms with E-state index in [1.54, 1.807) is 6.20 Å². The molecular weight excluding hydrogens is 280 g/mol. The van der Waals surface area contributed by atoms with Crippen molar-refractivity contribution in [1.29, 1.82) is 0 Å². The SMILES string of the molecule is O=C(NCc1ccc(OC2CCCCC2)nc1)[C@@H]1CCCO1. The van der Waals surface area contributed by atoms with E-state index in [-0.39, 0.29) is 12.0 Å². The molecule has 2 heterocycles. The zero-order valence-corrected chi connectivity index (χ0v) is 12.9. The molecule has 5 nitrogen and oxygen atoms in total. The summed E-state index contributed by atoms with van der Waals surface area (Å²) >= 11 is 0. The molecule has 3 rings (SSSR count). The Hall–Kier alpha value is -1.62. The molecule has 1 aliphatic carbocycles. The molecule has 2 fully saturated rings. The average molecular weight is 304 g/mol. The number of carbonyl (C=O) groups excluding carboxylic acids is 1. The van der Waals surface area contributed by atoms with E-state index in [1.807, 2.05) is 12.1 Å². The fourth-order valence-electron chi connectivity index (χ4n) is 3.03. The fourth-order valence-corrected chi connectivity index (χ4v) is 3.03. The Morgan fingerprint density at radius 3 is 2.77 bits per heavy atom. The molecule has 1 aromatic rings. The van der Waals surface area contributed by atoms with Crippen LogP contribution in [0, 0.1) is 0 Å².